The molecule has 0 amide bonds. The molecule has 30 heavy (non-hydrogen) atoms. The summed E-state index contributed by atoms with van der Waals surface area (Å²) in [7, 11) is 0. The van der Waals surface area contributed by atoms with E-state index >= 15 is 0 Å². The van der Waals surface area contributed by atoms with Crippen molar-refractivity contribution in [2.75, 3.05) is 6.61 Å². The average Bonchev–Trinajstić information content (AvgIpc) is 3.14. The van der Waals surface area contributed by atoms with Gasteiger partial charge < -0.3 is 9.84 Å². The van der Waals surface area contributed by atoms with Gasteiger partial charge >= 0.3 is 5.97 Å². The Hall–Kier alpha value is -2.01. The molecule has 1 N–H and O–H groups in total. The van der Waals surface area contributed by atoms with E-state index in [9.17, 15) is 19.5 Å². The van der Waals surface area contributed by atoms with Crippen molar-refractivity contribution >= 4 is 17.5 Å². The Morgan fingerprint density at radius 3 is 2.67 bits per heavy atom. The maximum absolute atomic E-state index is 13.3. The molecule has 0 aromatic heterocycles. The largest absolute Gasteiger partial charge is 0.465 e. The number of hydrogen-bond acceptors (Lipinski definition) is 5. The van der Waals surface area contributed by atoms with E-state index in [1.165, 1.54) is 0 Å². The van der Waals surface area contributed by atoms with Crippen molar-refractivity contribution in [3.63, 3.8) is 0 Å². The number of rotatable bonds is 2. The molecule has 1 spiro atoms. The van der Waals surface area contributed by atoms with E-state index in [4.69, 9.17) is 4.74 Å². The first kappa shape index (κ1) is 19.9. The predicted molar refractivity (Wildman–Crippen MR) is 110 cm³/mol. The minimum Gasteiger partial charge on any atom is -0.465 e. The van der Waals surface area contributed by atoms with Gasteiger partial charge in [-0.1, -0.05) is 25.5 Å². The SMILES string of the molecule is CCOC(=O)[C@H]1C2=C(CCC34C(=O)CC[C@]3(C)CC=C24)C2(C)CCC(=O)C=C2[C@H]1O. The smallest absolute Gasteiger partial charge is 0.316 e. The topological polar surface area (TPSA) is 80.7 Å². The molecule has 5 rings (SSSR count). The highest BCUT2D eigenvalue weighted by Gasteiger charge is 2.66. The molecule has 1 saturated carbocycles. The number of allylic oxidation sites excluding steroid dienone is 4. The van der Waals surface area contributed by atoms with Gasteiger partial charge in [-0.05, 0) is 67.2 Å². The Morgan fingerprint density at radius 1 is 1.17 bits per heavy atom. The molecular formula is C25H30O5. The number of carbonyl (C=O) groups is 3. The van der Waals surface area contributed by atoms with Crippen LogP contribution in [0.2, 0.25) is 0 Å². The number of ether oxygens (including phenoxy) is 1. The second kappa shape index (κ2) is 6.25. The van der Waals surface area contributed by atoms with Crippen molar-refractivity contribution in [3.05, 3.63) is 34.4 Å². The number of carbonyl (C=O) groups excluding carboxylic acids is 3. The molecular weight excluding hydrogens is 380 g/mol. The monoisotopic (exact) mass is 410 g/mol. The lowest BCUT2D eigenvalue weighted by atomic mass is 9.50. The summed E-state index contributed by atoms with van der Waals surface area (Å²) in [6, 6.07) is 0. The lowest BCUT2D eigenvalue weighted by Crippen LogP contribution is -2.51. The number of Topliss-reactive ketones (excluding diaryl/α,β-unsaturated/α-hetero) is 1. The molecule has 5 heteroatoms. The van der Waals surface area contributed by atoms with E-state index in [1.54, 1.807) is 13.0 Å². The van der Waals surface area contributed by atoms with Crippen molar-refractivity contribution in [2.45, 2.75) is 71.8 Å². The lowest BCUT2D eigenvalue weighted by Gasteiger charge is -2.53. The maximum atomic E-state index is 13.3. The summed E-state index contributed by atoms with van der Waals surface area (Å²) in [5.41, 5.74) is 2.49. The summed E-state index contributed by atoms with van der Waals surface area (Å²) in [6.07, 6.45) is 7.46. The van der Waals surface area contributed by atoms with Gasteiger partial charge in [-0.2, -0.15) is 0 Å². The molecule has 0 saturated heterocycles. The van der Waals surface area contributed by atoms with Gasteiger partial charge in [0.15, 0.2) is 5.78 Å². The fraction of sp³-hybridized carbons (Fsp3) is 0.640. The Labute approximate surface area is 177 Å². The Bertz CT molecular complexity index is 968. The first-order valence-electron chi connectivity index (χ1n) is 11.3. The van der Waals surface area contributed by atoms with Crippen LogP contribution in [0.15, 0.2) is 34.4 Å². The van der Waals surface area contributed by atoms with Crippen LogP contribution in [0, 0.1) is 22.2 Å². The first-order chi connectivity index (χ1) is 14.2. The van der Waals surface area contributed by atoms with Crippen LogP contribution in [-0.4, -0.2) is 35.4 Å². The van der Waals surface area contributed by atoms with Crippen LogP contribution in [0.3, 0.4) is 0 Å². The molecule has 2 unspecified atom stereocenters. The quantitative estimate of drug-likeness (QED) is 0.704. The molecule has 0 radical (unpaired) electrons. The van der Waals surface area contributed by atoms with Crippen LogP contribution in [0.4, 0.5) is 0 Å². The fourth-order valence-electron chi connectivity index (χ4n) is 7.34. The van der Waals surface area contributed by atoms with E-state index in [0.29, 0.717) is 24.8 Å². The molecule has 0 aromatic rings. The minimum absolute atomic E-state index is 0.000841. The summed E-state index contributed by atoms with van der Waals surface area (Å²) < 4.78 is 5.39. The van der Waals surface area contributed by atoms with Crippen molar-refractivity contribution in [1.29, 1.82) is 0 Å². The summed E-state index contributed by atoms with van der Waals surface area (Å²) in [5, 5.41) is 11.4. The number of aliphatic hydroxyl groups is 1. The number of esters is 1. The third kappa shape index (κ3) is 2.20. The highest BCUT2D eigenvalue weighted by Crippen LogP contribution is 2.70. The summed E-state index contributed by atoms with van der Waals surface area (Å²) >= 11 is 0. The van der Waals surface area contributed by atoms with E-state index in [0.717, 1.165) is 42.4 Å². The molecule has 5 nitrogen and oxygen atoms in total. The number of aliphatic hydroxyl groups excluding tert-OH is 1. The van der Waals surface area contributed by atoms with Crippen LogP contribution < -0.4 is 0 Å². The van der Waals surface area contributed by atoms with Gasteiger partial charge in [0, 0.05) is 18.3 Å². The van der Waals surface area contributed by atoms with Gasteiger partial charge in [0.1, 0.15) is 11.7 Å². The van der Waals surface area contributed by atoms with Gasteiger partial charge in [-0.3, -0.25) is 14.4 Å². The molecule has 5 aliphatic rings. The molecule has 0 aromatic carbocycles. The van der Waals surface area contributed by atoms with Crippen LogP contribution in [0.5, 0.6) is 0 Å². The van der Waals surface area contributed by atoms with E-state index < -0.39 is 28.8 Å². The fourth-order valence-corrected chi connectivity index (χ4v) is 7.34. The van der Waals surface area contributed by atoms with Crippen LogP contribution in [0.25, 0.3) is 0 Å². The standard InChI is InChI=1S/C25H30O5/c1-4-30-22(29)20-19-15(24(3)11-5-14(26)13-17(24)21(20)28)7-12-25-16(19)6-9-23(25,2)10-8-18(25)27/h6,13,20-21,28H,4-5,7-12H2,1-3H3/t20-,21+,23-,24?,25?/m0/s1. The van der Waals surface area contributed by atoms with Gasteiger partial charge in [-0.25, -0.2) is 0 Å². The Kier molecular flexibility index (Phi) is 4.15. The van der Waals surface area contributed by atoms with E-state index in [2.05, 4.69) is 19.9 Å². The van der Waals surface area contributed by atoms with Crippen LogP contribution >= 0.6 is 0 Å². The number of hydrogen-bond donors (Lipinski definition) is 1. The lowest BCUT2D eigenvalue weighted by molar-refractivity contribution is -0.150. The van der Waals surface area contributed by atoms with Crippen molar-refractivity contribution < 1.29 is 24.2 Å². The minimum atomic E-state index is -1.10. The molecule has 5 aliphatic carbocycles. The first-order valence-corrected chi connectivity index (χ1v) is 11.3. The molecule has 0 aliphatic heterocycles. The normalized spacial score (nSPS) is 42.1. The average molecular weight is 411 g/mol. The highest BCUT2D eigenvalue weighted by molar-refractivity contribution is 5.96. The van der Waals surface area contributed by atoms with Gasteiger partial charge in [0.05, 0.1) is 18.1 Å². The third-order valence-electron chi connectivity index (χ3n) is 8.97. The van der Waals surface area contributed by atoms with Crippen LogP contribution in [-0.2, 0) is 19.1 Å². The summed E-state index contributed by atoms with van der Waals surface area (Å²) in [6.45, 7) is 6.28. The number of fused-ring (bicyclic) bond motifs is 3. The van der Waals surface area contributed by atoms with Gasteiger partial charge in [-0.15, -0.1) is 0 Å². The summed E-state index contributed by atoms with van der Waals surface area (Å²) in [4.78, 5) is 38.6. The zero-order valence-corrected chi connectivity index (χ0v) is 18.0. The Morgan fingerprint density at radius 2 is 1.93 bits per heavy atom. The van der Waals surface area contributed by atoms with Crippen molar-refractivity contribution in [1.82, 2.24) is 0 Å². The summed E-state index contributed by atoms with van der Waals surface area (Å²) in [5.74, 6) is -1.05. The number of ketones is 2. The highest BCUT2D eigenvalue weighted by atomic mass is 16.5. The van der Waals surface area contributed by atoms with E-state index in [-0.39, 0.29) is 23.6 Å². The van der Waals surface area contributed by atoms with E-state index in [1.807, 2.05) is 0 Å². The predicted octanol–water partition coefficient (Wildman–Crippen LogP) is 3.61. The van der Waals surface area contributed by atoms with Crippen LogP contribution in [0.1, 0.15) is 65.7 Å². The molecule has 0 bridgehead atoms. The second-order valence-corrected chi connectivity index (χ2v) is 10.2. The maximum Gasteiger partial charge on any atom is 0.316 e. The van der Waals surface area contributed by atoms with Gasteiger partial charge in [0.2, 0.25) is 0 Å². The second-order valence-electron chi connectivity index (χ2n) is 10.2. The van der Waals surface area contributed by atoms with Gasteiger partial charge in [0.25, 0.3) is 0 Å². The van der Waals surface area contributed by atoms with Crippen molar-refractivity contribution in [2.24, 2.45) is 22.2 Å². The zero-order chi connectivity index (χ0) is 21.5. The molecule has 1 fully saturated rings. The molecule has 160 valence electrons. The zero-order valence-electron chi connectivity index (χ0n) is 18.0. The molecule has 5 atom stereocenters. The third-order valence-corrected chi connectivity index (χ3v) is 8.97. The Balaban J connectivity index is 1.76. The molecule has 0 heterocycles. The van der Waals surface area contributed by atoms with Crippen molar-refractivity contribution in [3.8, 4) is 0 Å².